The third kappa shape index (κ3) is 3.47. The molecule has 5 nitrogen and oxygen atoms in total. The first-order valence-electron chi connectivity index (χ1n) is 5.64. The molecule has 0 radical (unpaired) electrons. The van der Waals surface area contributed by atoms with E-state index in [4.69, 9.17) is 4.74 Å². The Hall–Kier alpha value is -0.590. The zero-order valence-corrected chi connectivity index (χ0v) is 10.4. The van der Waals surface area contributed by atoms with Gasteiger partial charge in [0.1, 0.15) is 6.33 Å². The third-order valence-corrected chi connectivity index (χ3v) is 3.69. The van der Waals surface area contributed by atoms with Crippen LogP contribution in [0.4, 0.5) is 0 Å². The molecule has 1 saturated heterocycles. The zero-order chi connectivity index (χ0) is 11.2. The Bertz CT molecular complexity index is 312. The van der Waals surface area contributed by atoms with Crippen LogP contribution in [0.1, 0.15) is 12.8 Å². The van der Waals surface area contributed by atoms with E-state index in [9.17, 15) is 0 Å². The maximum atomic E-state index is 5.31. The number of rotatable bonds is 5. The maximum absolute atomic E-state index is 5.31. The van der Waals surface area contributed by atoms with E-state index in [0.29, 0.717) is 6.04 Å². The number of ether oxygens (including phenoxy) is 1. The highest BCUT2D eigenvalue weighted by Crippen LogP contribution is 2.12. The monoisotopic (exact) mass is 242 g/mol. The molecule has 1 N–H and O–H groups in total. The van der Waals surface area contributed by atoms with Gasteiger partial charge in [-0.15, -0.1) is 0 Å². The van der Waals surface area contributed by atoms with Gasteiger partial charge in [0.2, 0.25) is 0 Å². The lowest BCUT2D eigenvalue weighted by molar-refractivity contribution is 0.0786. The summed E-state index contributed by atoms with van der Waals surface area (Å²) in [6, 6.07) is 0.633. The van der Waals surface area contributed by atoms with E-state index in [0.717, 1.165) is 43.5 Å². The van der Waals surface area contributed by atoms with Crippen molar-refractivity contribution in [3.05, 3.63) is 6.33 Å². The van der Waals surface area contributed by atoms with E-state index in [1.165, 1.54) is 0 Å². The first-order valence-corrected chi connectivity index (χ1v) is 6.63. The second kappa shape index (κ2) is 6.22. The molecule has 0 atom stereocenters. The summed E-state index contributed by atoms with van der Waals surface area (Å²) in [5.41, 5.74) is 0. The Labute approximate surface area is 100.0 Å². The highest BCUT2D eigenvalue weighted by Gasteiger charge is 2.12. The van der Waals surface area contributed by atoms with Crippen LogP contribution in [0.25, 0.3) is 0 Å². The number of hydrogen-bond donors (Lipinski definition) is 1. The van der Waals surface area contributed by atoms with Gasteiger partial charge in [-0.1, -0.05) is 11.8 Å². The van der Waals surface area contributed by atoms with E-state index < -0.39 is 0 Å². The Balaban J connectivity index is 1.59. The number of hydrogen-bond acceptors (Lipinski definition) is 5. The van der Waals surface area contributed by atoms with Gasteiger partial charge in [-0.25, -0.2) is 9.67 Å². The van der Waals surface area contributed by atoms with Crippen LogP contribution in [-0.2, 0) is 11.8 Å². The Morgan fingerprint density at radius 3 is 3.06 bits per heavy atom. The fraction of sp³-hybridized carbons (Fsp3) is 0.800. The lowest BCUT2D eigenvalue weighted by atomic mass is 10.1. The molecule has 0 bridgehead atoms. The summed E-state index contributed by atoms with van der Waals surface area (Å²) < 4.78 is 7.12. The topological polar surface area (TPSA) is 52.0 Å². The normalized spacial score (nSPS) is 17.8. The van der Waals surface area contributed by atoms with Gasteiger partial charge >= 0.3 is 0 Å². The van der Waals surface area contributed by atoms with Gasteiger partial charge in [0, 0.05) is 38.6 Å². The highest BCUT2D eigenvalue weighted by molar-refractivity contribution is 7.99. The Kier molecular flexibility index (Phi) is 4.62. The molecule has 0 spiro atoms. The molecule has 1 fully saturated rings. The largest absolute Gasteiger partial charge is 0.381 e. The van der Waals surface area contributed by atoms with E-state index in [1.54, 1.807) is 22.8 Å². The highest BCUT2D eigenvalue weighted by atomic mass is 32.2. The lowest BCUT2D eigenvalue weighted by Crippen LogP contribution is -2.36. The summed E-state index contributed by atoms with van der Waals surface area (Å²) in [4.78, 5) is 4.17. The quantitative estimate of drug-likeness (QED) is 0.608. The molecule has 16 heavy (non-hydrogen) atoms. The molecule has 0 amide bonds. The molecule has 2 heterocycles. The summed E-state index contributed by atoms with van der Waals surface area (Å²) in [6.45, 7) is 2.81. The molecule has 1 aliphatic heterocycles. The second-order valence-corrected chi connectivity index (χ2v) is 4.92. The van der Waals surface area contributed by atoms with Crippen LogP contribution in [0.5, 0.6) is 0 Å². The Morgan fingerprint density at radius 1 is 1.56 bits per heavy atom. The summed E-state index contributed by atoms with van der Waals surface area (Å²) in [7, 11) is 1.92. The number of thioether (sulfide) groups is 1. The van der Waals surface area contributed by atoms with Crippen molar-refractivity contribution in [1.82, 2.24) is 20.1 Å². The van der Waals surface area contributed by atoms with Crippen LogP contribution in [0.2, 0.25) is 0 Å². The van der Waals surface area contributed by atoms with Crippen LogP contribution < -0.4 is 5.32 Å². The van der Waals surface area contributed by atoms with Crippen molar-refractivity contribution >= 4 is 11.8 Å². The maximum Gasteiger partial charge on any atom is 0.185 e. The van der Waals surface area contributed by atoms with Crippen LogP contribution in [0.15, 0.2) is 11.5 Å². The molecule has 90 valence electrons. The average molecular weight is 242 g/mol. The van der Waals surface area contributed by atoms with Gasteiger partial charge in [0.05, 0.1) is 0 Å². The summed E-state index contributed by atoms with van der Waals surface area (Å²) >= 11 is 1.74. The molecular formula is C10H18N4OS. The molecule has 2 rings (SSSR count). The minimum Gasteiger partial charge on any atom is -0.381 e. The predicted molar refractivity (Wildman–Crippen MR) is 63.6 cm³/mol. The fourth-order valence-electron chi connectivity index (χ4n) is 1.72. The molecular weight excluding hydrogens is 224 g/mol. The van der Waals surface area contributed by atoms with Gasteiger partial charge in [-0.2, -0.15) is 5.10 Å². The first kappa shape index (κ1) is 11.9. The van der Waals surface area contributed by atoms with Crippen LogP contribution in [-0.4, -0.2) is 46.3 Å². The number of nitrogens with zero attached hydrogens (tertiary/aromatic N) is 3. The second-order valence-electron chi connectivity index (χ2n) is 3.86. The summed E-state index contributed by atoms with van der Waals surface area (Å²) in [5, 5.41) is 8.56. The zero-order valence-electron chi connectivity index (χ0n) is 9.56. The van der Waals surface area contributed by atoms with Gasteiger partial charge in [0.15, 0.2) is 5.16 Å². The van der Waals surface area contributed by atoms with Crippen LogP contribution in [0.3, 0.4) is 0 Å². The lowest BCUT2D eigenvalue weighted by Gasteiger charge is -2.22. The van der Waals surface area contributed by atoms with Crippen molar-refractivity contribution in [2.75, 3.05) is 25.5 Å². The molecule has 6 heteroatoms. The van der Waals surface area contributed by atoms with Crippen molar-refractivity contribution in [2.45, 2.75) is 24.0 Å². The van der Waals surface area contributed by atoms with Crippen molar-refractivity contribution in [3.63, 3.8) is 0 Å². The summed E-state index contributed by atoms with van der Waals surface area (Å²) in [6.07, 6.45) is 3.86. The minimum absolute atomic E-state index is 0.633. The Morgan fingerprint density at radius 2 is 2.38 bits per heavy atom. The average Bonchev–Trinajstić information content (AvgIpc) is 2.72. The van der Waals surface area contributed by atoms with Gasteiger partial charge in [0.25, 0.3) is 0 Å². The van der Waals surface area contributed by atoms with E-state index in [1.807, 2.05) is 7.05 Å². The van der Waals surface area contributed by atoms with Crippen molar-refractivity contribution in [1.29, 1.82) is 0 Å². The van der Waals surface area contributed by atoms with Gasteiger partial charge in [-0.05, 0) is 12.8 Å². The van der Waals surface area contributed by atoms with Crippen molar-refractivity contribution in [2.24, 2.45) is 7.05 Å². The van der Waals surface area contributed by atoms with E-state index >= 15 is 0 Å². The minimum atomic E-state index is 0.633. The van der Waals surface area contributed by atoms with Gasteiger partial charge < -0.3 is 10.1 Å². The van der Waals surface area contributed by atoms with Crippen molar-refractivity contribution in [3.8, 4) is 0 Å². The summed E-state index contributed by atoms with van der Waals surface area (Å²) in [5.74, 6) is 1.03. The molecule has 0 saturated carbocycles. The fourth-order valence-corrected chi connectivity index (χ4v) is 2.48. The molecule has 1 aromatic rings. The first-order chi connectivity index (χ1) is 7.86. The standard InChI is InChI=1S/C10H18N4OS/c1-14-10(12-8-13-14)16-7-4-11-9-2-5-15-6-3-9/h8-9,11H,2-7H2,1H3. The molecule has 0 unspecified atom stereocenters. The molecule has 0 aliphatic carbocycles. The smallest absolute Gasteiger partial charge is 0.185 e. The van der Waals surface area contributed by atoms with Crippen LogP contribution in [0, 0.1) is 0 Å². The van der Waals surface area contributed by atoms with Crippen LogP contribution >= 0.6 is 11.8 Å². The predicted octanol–water partition coefficient (Wildman–Crippen LogP) is 0.676. The molecule has 1 aliphatic rings. The molecule has 0 aromatic carbocycles. The van der Waals surface area contributed by atoms with Crippen molar-refractivity contribution < 1.29 is 4.74 Å². The van der Waals surface area contributed by atoms with E-state index in [2.05, 4.69) is 15.4 Å². The van der Waals surface area contributed by atoms with Gasteiger partial charge in [-0.3, -0.25) is 0 Å². The van der Waals surface area contributed by atoms with E-state index in [-0.39, 0.29) is 0 Å². The molecule has 1 aromatic heterocycles. The number of aromatic nitrogens is 3. The number of nitrogens with one attached hydrogen (secondary N) is 1. The third-order valence-electron chi connectivity index (χ3n) is 2.66. The number of aryl methyl sites for hydroxylation is 1. The SMILES string of the molecule is Cn1ncnc1SCCNC1CCOCC1.